The Hall–Kier alpha value is -3.68. The summed E-state index contributed by atoms with van der Waals surface area (Å²) in [6, 6.07) is 18.7. The summed E-state index contributed by atoms with van der Waals surface area (Å²) in [6.07, 6.45) is 0.876. The van der Waals surface area contributed by atoms with Gasteiger partial charge in [-0.2, -0.15) is 0 Å². The first-order valence-corrected chi connectivity index (χ1v) is 12.8. The Labute approximate surface area is 217 Å². The van der Waals surface area contributed by atoms with Gasteiger partial charge in [-0.25, -0.2) is 4.98 Å². The highest BCUT2D eigenvalue weighted by molar-refractivity contribution is 7.22. The van der Waals surface area contributed by atoms with Crippen LogP contribution in [0, 0.1) is 0 Å². The van der Waals surface area contributed by atoms with Crippen LogP contribution in [0.2, 0.25) is 5.02 Å². The Kier molecular flexibility index (Phi) is 6.51. The van der Waals surface area contributed by atoms with E-state index in [1.165, 1.54) is 16.2 Å². The highest BCUT2D eigenvalue weighted by atomic mass is 35.5. The molecule has 182 valence electrons. The molecule has 2 heterocycles. The third kappa shape index (κ3) is 4.25. The van der Waals surface area contributed by atoms with E-state index in [1.54, 1.807) is 48.5 Å². The van der Waals surface area contributed by atoms with Crippen molar-refractivity contribution >= 4 is 55.7 Å². The van der Waals surface area contributed by atoms with Crippen LogP contribution in [-0.2, 0) is 16.0 Å². The maximum atomic E-state index is 13.4. The van der Waals surface area contributed by atoms with Crippen LogP contribution < -0.4 is 9.64 Å². The van der Waals surface area contributed by atoms with Gasteiger partial charge in [0.15, 0.2) is 5.13 Å². The standard InChI is InChI=1S/C28H23ClN2O4S/c1-3-16-5-14-21-22(15-16)36-28(30-21)31-24(17-6-10-19(29)11-7-17)23(26(33)27(31)34)25(32)18-8-12-20(13-9-18)35-4-2/h5-15,24,32H,3-4H2,1-2H3/b25-23+/t24-/m0/s1. The van der Waals surface area contributed by atoms with Crippen LogP contribution in [0.15, 0.2) is 72.3 Å². The van der Waals surface area contributed by atoms with Crippen molar-refractivity contribution in [3.63, 3.8) is 0 Å². The number of halogens is 1. The van der Waals surface area contributed by atoms with E-state index in [0.717, 1.165) is 22.2 Å². The molecule has 4 aromatic rings. The molecule has 1 saturated heterocycles. The van der Waals surface area contributed by atoms with Gasteiger partial charge in [-0.15, -0.1) is 0 Å². The normalized spacial score (nSPS) is 17.2. The summed E-state index contributed by atoms with van der Waals surface area (Å²) in [7, 11) is 0. The second-order valence-corrected chi connectivity index (χ2v) is 9.78. The lowest BCUT2D eigenvalue weighted by molar-refractivity contribution is -0.132. The average Bonchev–Trinajstić information content (AvgIpc) is 3.42. The van der Waals surface area contributed by atoms with Gasteiger partial charge in [0, 0.05) is 10.6 Å². The zero-order valence-corrected chi connectivity index (χ0v) is 21.3. The summed E-state index contributed by atoms with van der Waals surface area (Å²) in [5, 5.41) is 12.2. The lowest BCUT2D eigenvalue weighted by Gasteiger charge is -2.23. The van der Waals surface area contributed by atoms with E-state index in [1.807, 2.05) is 25.1 Å². The molecule has 1 atom stereocenters. The molecule has 3 aromatic carbocycles. The lowest BCUT2D eigenvalue weighted by Crippen LogP contribution is -2.29. The summed E-state index contributed by atoms with van der Waals surface area (Å²) in [5.41, 5.74) is 2.95. The summed E-state index contributed by atoms with van der Waals surface area (Å²) >= 11 is 7.46. The number of carbonyl (C=O) groups is 2. The fourth-order valence-electron chi connectivity index (χ4n) is 4.30. The highest BCUT2D eigenvalue weighted by Gasteiger charge is 2.48. The van der Waals surface area contributed by atoms with Gasteiger partial charge >= 0.3 is 5.91 Å². The predicted molar refractivity (Wildman–Crippen MR) is 143 cm³/mol. The van der Waals surface area contributed by atoms with Crippen LogP contribution in [0.1, 0.15) is 36.6 Å². The first-order chi connectivity index (χ1) is 17.4. The third-order valence-electron chi connectivity index (χ3n) is 6.12. The molecular weight excluding hydrogens is 496 g/mol. The number of thiazole rings is 1. The molecule has 1 amide bonds. The van der Waals surface area contributed by atoms with Crippen molar-refractivity contribution in [3.8, 4) is 5.75 Å². The SMILES string of the molecule is CCOc1ccc(/C(O)=C2\C(=O)C(=O)N(c3nc4ccc(CC)cc4s3)[C@H]2c2ccc(Cl)cc2)cc1. The van der Waals surface area contributed by atoms with Gasteiger partial charge in [0.25, 0.3) is 5.78 Å². The van der Waals surface area contributed by atoms with Crippen molar-refractivity contribution in [1.29, 1.82) is 0 Å². The number of aliphatic hydroxyl groups excluding tert-OH is 1. The van der Waals surface area contributed by atoms with Gasteiger partial charge < -0.3 is 9.84 Å². The number of ketones is 1. The third-order valence-corrected chi connectivity index (χ3v) is 7.39. The van der Waals surface area contributed by atoms with Gasteiger partial charge in [0.2, 0.25) is 0 Å². The number of anilines is 1. The summed E-state index contributed by atoms with van der Waals surface area (Å²) in [6.45, 7) is 4.46. The minimum atomic E-state index is -0.861. The smallest absolute Gasteiger partial charge is 0.301 e. The summed E-state index contributed by atoms with van der Waals surface area (Å²) < 4.78 is 6.40. The molecule has 1 N–H and O–H groups in total. The minimum Gasteiger partial charge on any atom is -0.507 e. The van der Waals surface area contributed by atoms with E-state index in [9.17, 15) is 14.7 Å². The molecule has 1 fully saturated rings. The number of Topliss-reactive ketones (excluding diaryl/α,β-unsaturated/α-hetero) is 1. The number of aryl methyl sites for hydroxylation is 1. The lowest BCUT2D eigenvalue weighted by atomic mass is 9.95. The van der Waals surface area contributed by atoms with E-state index in [4.69, 9.17) is 16.3 Å². The number of amides is 1. The van der Waals surface area contributed by atoms with E-state index in [2.05, 4.69) is 11.9 Å². The van der Waals surface area contributed by atoms with Crippen molar-refractivity contribution < 1.29 is 19.4 Å². The number of benzene rings is 3. The van der Waals surface area contributed by atoms with Crippen LogP contribution in [0.25, 0.3) is 16.0 Å². The largest absolute Gasteiger partial charge is 0.507 e. The maximum Gasteiger partial charge on any atom is 0.301 e. The quantitative estimate of drug-likeness (QED) is 0.178. The predicted octanol–water partition coefficient (Wildman–Crippen LogP) is 6.54. The second kappa shape index (κ2) is 9.76. The molecule has 1 aromatic heterocycles. The number of fused-ring (bicyclic) bond motifs is 1. The Morgan fingerprint density at radius 2 is 1.78 bits per heavy atom. The molecule has 0 aliphatic carbocycles. The van der Waals surface area contributed by atoms with E-state index in [-0.39, 0.29) is 11.3 Å². The van der Waals surface area contributed by atoms with Crippen molar-refractivity contribution in [3.05, 3.63) is 94.0 Å². The van der Waals surface area contributed by atoms with Gasteiger partial charge in [0.1, 0.15) is 11.5 Å². The molecule has 1 aliphatic rings. The molecular formula is C28H23ClN2O4S. The molecule has 0 unspecified atom stereocenters. The van der Waals surface area contributed by atoms with Crippen molar-refractivity contribution in [2.45, 2.75) is 26.3 Å². The van der Waals surface area contributed by atoms with Gasteiger partial charge in [-0.1, -0.05) is 48.1 Å². The molecule has 0 saturated carbocycles. The van der Waals surface area contributed by atoms with Gasteiger partial charge in [0.05, 0.1) is 28.4 Å². The number of hydrogen-bond donors (Lipinski definition) is 1. The average molecular weight is 519 g/mol. The Morgan fingerprint density at radius 3 is 2.44 bits per heavy atom. The fraction of sp³-hybridized carbons (Fsp3) is 0.179. The van der Waals surface area contributed by atoms with Crippen LogP contribution in [0.4, 0.5) is 5.13 Å². The summed E-state index contributed by atoms with van der Waals surface area (Å²) in [5.74, 6) is -1.12. The van der Waals surface area contributed by atoms with E-state index >= 15 is 0 Å². The van der Waals surface area contributed by atoms with Gasteiger partial charge in [-0.3, -0.25) is 14.5 Å². The van der Waals surface area contributed by atoms with Crippen LogP contribution in [-0.4, -0.2) is 28.4 Å². The maximum absolute atomic E-state index is 13.4. The molecule has 0 radical (unpaired) electrons. The number of aromatic nitrogens is 1. The number of carbonyl (C=O) groups excluding carboxylic acids is 2. The number of nitrogens with zero attached hydrogens (tertiary/aromatic N) is 2. The first-order valence-electron chi connectivity index (χ1n) is 11.6. The van der Waals surface area contributed by atoms with Crippen LogP contribution in [0.5, 0.6) is 5.75 Å². The van der Waals surface area contributed by atoms with Crippen molar-refractivity contribution in [1.82, 2.24) is 4.98 Å². The molecule has 5 rings (SSSR count). The second-order valence-electron chi connectivity index (χ2n) is 8.33. The molecule has 1 aliphatic heterocycles. The Morgan fingerprint density at radius 1 is 1.06 bits per heavy atom. The summed E-state index contributed by atoms with van der Waals surface area (Å²) in [4.78, 5) is 32.8. The molecule has 36 heavy (non-hydrogen) atoms. The van der Waals surface area contributed by atoms with E-state index < -0.39 is 17.7 Å². The number of ether oxygens (including phenoxy) is 1. The topological polar surface area (TPSA) is 79.7 Å². The zero-order chi connectivity index (χ0) is 25.4. The zero-order valence-electron chi connectivity index (χ0n) is 19.7. The fourth-order valence-corrected chi connectivity index (χ4v) is 5.48. The van der Waals surface area contributed by atoms with Gasteiger partial charge in [-0.05, 0) is 73.0 Å². The van der Waals surface area contributed by atoms with E-state index in [0.29, 0.717) is 33.6 Å². The monoisotopic (exact) mass is 518 g/mol. The molecule has 8 heteroatoms. The van der Waals surface area contributed by atoms with Crippen LogP contribution in [0.3, 0.4) is 0 Å². The first kappa shape index (κ1) is 24.0. The number of rotatable bonds is 6. The Bertz CT molecular complexity index is 1490. The van der Waals surface area contributed by atoms with Crippen molar-refractivity contribution in [2.75, 3.05) is 11.5 Å². The number of aliphatic hydroxyl groups is 1. The molecule has 0 bridgehead atoms. The van der Waals surface area contributed by atoms with Crippen molar-refractivity contribution in [2.24, 2.45) is 0 Å². The highest BCUT2D eigenvalue weighted by Crippen LogP contribution is 2.44. The Balaban J connectivity index is 1.67. The minimum absolute atomic E-state index is 0.0000133. The molecule has 6 nitrogen and oxygen atoms in total. The van der Waals surface area contributed by atoms with Crippen LogP contribution >= 0.6 is 22.9 Å². The number of hydrogen-bond acceptors (Lipinski definition) is 6. The molecule has 0 spiro atoms.